The Hall–Kier alpha value is -1.86. The lowest BCUT2D eigenvalue weighted by Crippen LogP contribution is -2.23. The van der Waals surface area contributed by atoms with Crippen molar-refractivity contribution in [3.05, 3.63) is 70.7 Å². The van der Waals surface area contributed by atoms with Crippen LogP contribution >= 0.6 is 23.2 Å². The van der Waals surface area contributed by atoms with E-state index in [-0.39, 0.29) is 16.5 Å². The maximum atomic E-state index is 12.4. The first-order chi connectivity index (χ1) is 11.5. The van der Waals surface area contributed by atoms with Gasteiger partial charge in [0.2, 0.25) is 10.0 Å². The molecule has 0 unspecified atom stereocenters. The molecule has 2 heterocycles. The Morgan fingerprint density at radius 1 is 1.12 bits per heavy atom. The van der Waals surface area contributed by atoms with Gasteiger partial charge in [0.05, 0.1) is 11.3 Å². The Kier molecular flexibility index (Phi) is 4.91. The van der Waals surface area contributed by atoms with Crippen molar-refractivity contribution in [1.29, 1.82) is 0 Å². The Bertz CT molecular complexity index is 957. The number of nitrogens with one attached hydrogen (secondary N) is 1. The lowest BCUT2D eigenvalue weighted by Gasteiger charge is -2.09. The van der Waals surface area contributed by atoms with E-state index in [0.29, 0.717) is 16.3 Å². The third-order valence-electron chi connectivity index (χ3n) is 3.25. The number of nitrogens with zero attached hydrogens (tertiary/aromatic N) is 1. The maximum absolute atomic E-state index is 12.4. The lowest BCUT2D eigenvalue weighted by atomic mass is 10.2. The van der Waals surface area contributed by atoms with E-state index >= 15 is 0 Å². The van der Waals surface area contributed by atoms with Gasteiger partial charge in [-0.25, -0.2) is 13.1 Å². The number of pyridine rings is 1. The molecule has 0 saturated carbocycles. The molecule has 0 amide bonds. The van der Waals surface area contributed by atoms with Crippen molar-refractivity contribution in [2.45, 2.75) is 11.4 Å². The third kappa shape index (κ3) is 3.79. The number of halogens is 2. The molecule has 0 bridgehead atoms. The summed E-state index contributed by atoms with van der Waals surface area (Å²) in [7, 11) is -3.80. The molecule has 0 fully saturated rings. The number of benzene rings is 1. The molecule has 8 heteroatoms. The summed E-state index contributed by atoms with van der Waals surface area (Å²) in [5, 5.41) is 0.399. The van der Waals surface area contributed by atoms with Crippen molar-refractivity contribution in [3.63, 3.8) is 0 Å². The molecule has 24 heavy (non-hydrogen) atoms. The minimum absolute atomic E-state index is 0.0622. The number of rotatable bonds is 5. The summed E-state index contributed by atoms with van der Waals surface area (Å²) in [4.78, 5) is 4.04. The van der Waals surface area contributed by atoms with Crippen LogP contribution < -0.4 is 4.72 Å². The highest BCUT2D eigenvalue weighted by Gasteiger charge is 2.18. The number of hydrogen-bond donors (Lipinski definition) is 1. The standard InChI is InChI=1S/C16H12Cl2N2O3S/c17-13-3-4-14(18)16(7-13)24(21,22)20-9-11-6-12(10-19-8-11)15-2-1-5-23-15/h1-8,10,20H,9H2. The minimum Gasteiger partial charge on any atom is -0.464 e. The van der Waals surface area contributed by atoms with E-state index in [1.165, 1.54) is 18.2 Å². The van der Waals surface area contributed by atoms with Crippen LogP contribution in [0.5, 0.6) is 0 Å². The fourth-order valence-corrected chi connectivity index (χ4v) is 3.88. The van der Waals surface area contributed by atoms with Gasteiger partial charge in [0, 0.05) is 29.5 Å². The molecule has 3 aromatic rings. The Morgan fingerprint density at radius 2 is 1.96 bits per heavy atom. The first kappa shape index (κ1) is 17.0. The van der Waals surface area contributed by atoms with Gasteiger partial charge in [-0.2, -0.15) is 0 Å². The van der Waals surface area contributed by atoms with Crippen LogP contribution in [-0.2, 0) is 16.6 Å². The fraction of sp³-hybridized carbons (Fsp3) is 0.0625. The Balaban J connectivity index is 1.80. The molecule has 124 valence electrons. The molecule has 5 nitrogen and oxygen atoms in total. The summed E-state index contributed by atoms with van der Waals surface area (Å²) < 4.78 is 32.6. The summed E-state index contributed by atoms with van der Waals surface area (Å²) in [5.74, 6) is 0.657. The van der Waals surface area contributed by atoms with Crippen LogP contribution in [0.1, 0.15) is 5.56 Å². The van der Waals surface area contributed by atoms with Gasteiger partial charge in [0.1, 0.15) is 10.7 Å². The minimum atomic E-state index is -3.80. The summed E-state index contributed by atoms with van der Waals surface area (Å²) in [6.45, 7) is 0.0622. The number of sulfonamides is 1. The van der Waals surface area contributed by atoms with Crippen LogP contribution in [0.3, 0.4) is 0 Å². The highest BCUT2D eigenvalue weighted by atomic mass is 35.5. The predicted octanol–water partition coefficient (Wildman–Crippen LogP) is 4.13. The van der Waals surface area contributed by atoms with Gasteiger partial charge in [-0.15, -0.1) is 0 Å². The predicted molar refractivity (Wildman–Crippen MR) is 92.4 cm³/mol. The highest BCUT2D eigenvalue weighted by molar-refractivity contribution is 7.89. The van der Waals surface area contributed by atoms with Gasteiger partial charge in [-0.05, 0) is 42.0 Å². The van der Waals surface area contributed by atoms with Crippen LogP contribution in [-0.4, -0.2) is 13.4 Å². The quantitative estimate of drug-likeness (QED) is 0.719. The Morgan fingerprint density at radius 3 is 2.71 bits per heavy atom. The van der Waals surface area contributed by atoms with Crippen molar-refractivity contribution in [3.8, 4) is 11.3 Å². The third-order valence-corrected chi connectivity index (χ3v) is 5.37. The van der Waals surface area contributed by atoms with E-state index in [1.54, 1.807) is 36.9 Å². The molecule has 0 spiro atoms. The maximum Gasteiger partial charge on any atom is 0.242 e. The molecule has 0 radical (unpaired) electrons. The highest BCUT2D eigenvalue weighted by Crippen LogP contribution is 2.25. The van der Waals surface area contributed by atoms with Gasteiger partial charge in [-0.3, -0.25) is 4.98 Å². The zero-order chi connectivity index (χ0) is 17.2. The van der Waals surface area contributed by atoms with E-state index in [0.717, 1.165) is 5.56 Å². The van der Waals surface area contributed by atoms with Crippen molar-refractivity contribution in [1.82, 2.24) is 9.71 Å². The van der Waals surface area contributed by atoms with Crippen molar-refractivity contribution in [2.24, 2.45) is 0 Å². The molecule has 0 aliphatic heterocycles. The van der Waals surface area contributed by atoms with Crippen LogP contribution in [0.2, 0.25) is 10.0 Å². The van der Waals surface area contributed by atoms with Gasteiger partial charge >= 0.3 is 0 Å². The van der Waals surface area contributed by atoms with Crippen LogP contribution in [0.4, 0.5) is 0 Å². The van der Waals surface area contributed by atoms with Crippen LogP contribution in [0, 0.1) is 0 Å². The van der Waals surface area contributed by atoms with Crippen molar-refractivity contribution in [2.75, 3.05) is 0 Å². The molecular weight excluding hydrogens is 371 g/mol. The first-order valence-electron chi connectivity index (χ1n) is 6.88. The second kappa shape index (κ2) is 6.94. The molecule has 0 aliphatic carbocycles. The summed E-state index contributed by atoms with van der Waals surface area (Å²) in [5.41, 5.74) is 1.45. The topological polar surface area (TPSA) is 72.2 Å². The second-order valence-corrected chi connectivity index (χ2v) is 7.54. The zero-order valence-corrected chi connectivity index (χ0v) is 14.6. The van der Waals surface area contributed by atoms with Gasteiger partial charge in [0.15, 0.2) is 0 Å². The molecule has 0 saturated heterocycles. The van der Waals surface area contributed by atoms with E-state index < -0.39 is 10.0 Å². The molecule has 0 atom stereocenters. The average Bonchev–Trinajstić information content (AvgIpc) is 3.10. The number of furan rings is 1. The smallest absolute Gasteiger partial charge is 0.242 e. The molecule has 2 aromatic heterocycles. The monoisotopic (exact) mass is 382 g/mol. The summed E-state index contributed by atoms with van der Waals surface area (Å²) in [6.07, 6.45) is 4.78. The van der Waals surface area contributed by atoms with E-state index in [2.05, 4.69) is 9.71 Å². The van der Waals surface area contributed by atoms with Crippen LogP contribution in [0.15, 0.2) is 64.4 Å². The van der Waals surface area contributed by atoms with Gasteiger partial charge in [0.25, 0.3) is 0 Å². The normalized spacial score (nSPS) is 11.6. The van der Waals surface area contributed by atoms with Gasteiger partial charge in [-0.1, -0.05) is 23.2 Å². The lowest BCUT2D eigenvalue weighted by molar-refractivity contribution is 0.580. The summed E-state index contributed by atoms with van der Waals surface area (Å²) >= 11 is 11.8. The molecule has 0 aliphatic rings. The van der Waals surface area contributed by atoms with Gasteiger partial charge < -0.3 is 4.42 Å². The largest absolute Gasteiger partial charge is 0.464 e. The fourth-order valence-electron chi connectivity index (χ4n) is 2.10. The molecule has 1 N–H and O–H groups in total. The SMILES string of the molecule is O=S(=O)(NCc1cncc(-c2ccco2)c1)c1cc(Cl)ccc1Cl. The van der Waals surface area contributed by atoms with E-state index in [4.69, 9.17) is 27.6 Å². The number of hydrogen-bond acceptors (Lipinski definition) is 4. The second-order valence-electron chi connectivity index (χ2n) is 4.96. The zero-order valence-electron chi connectivity index (χ0n) is 12.2. The molecular formula is C16H12Cl2N2O3S. The van der Waals surface area contributed by atoms with E-state index in [9.17, 15) is 8.42 Å². The molecule has 1 aromatic carbocycles. The number of aromatic nitrogens is 1. The first-order valence-corrected chi connectivity index (χ1v) is 9.12. The Labute approximate surface area is 149 Å². The average molecular weight is 383 g/mol. The van der Waals surface area contributed by atoms with E-state index in [1.807, 2.05) is 0 Å². The summed E-state index contributed by atoms with van der Waals surface area (Å²) in [6, 6.07) is 9.65. The van der Waals surface area contributed by atoms with Crippen molar-refractivity contribution < 1.29 is 12.8 Å². The van der Waals surface area contributed by atoms with Crippen LogP contribution in [0.25, 0.3) is 11.3 Å². The molecule has 3 rings (SSSR count). The van der Waals surface area contributed by atoms with Crippen molar-refractivity contribution >= 4 is 33.2 Å².